The number of hydrogen-bond donors (Lipinski definition) is 1. The highest BCUT2D eigenvalue weighted by molar-refractivity contribution is 7.99. The van der Waals surface area contributed by atoms with Crippen LogP contribution in [0.1, 0.15) is 42.4 Å². The minimum atomic E-state index is -0.00942. The summed E-state index contributed by atoms with van der Waals surface area (Å²) < 4.78 is 0. The predicted molar refractivity (Wildman–Crippen MR) is 94.6 cm³/mol. The van der Waals surface area contributed by atoms with E-state index in [-0.39, 0.29) is 11.9 Å². The number of aryl methyl sites for hydroxylation is 3. The average Bonchev–Trinajstić information content (AvgIpc) is 2.52. The molecule has 1 amide bonds. The molecule has 0 fully saturated rings. The highest BCUT2D eigenvalue weighted by atomic mass is 32.2. The van der Waals surface area contributed by atoms with E-state index in [1.807, 2.05) is 26.8 Å². The number of hydrogen-bond acceptors (Lipinski definition) is 4. The van der Waals surface area contributed by atoms with Crippen molar-refractivity contribution in [2.24, 2.45) is 0 Å². The summed E-state index contributed by atoms with van der Waals surface area (Å²) in [6.45, 7) is 7.99. The third-order valence-corrected chi connectivity index (χ3v) is 4.41. The Morgan fingerprint density at radius 3 is 2.35 bits per heavy atom. The molecule has 4 nitrogen and oxygen atoms in total. The molecule has 1 heterocycles. The lowest BCUT2D eigenvalue weighted by Gasteiger charge is -2.14. The standard InChI is InChI=1S/C18H23N3OS/c1-5-15-6-8-16(9-7-15)14(4)21-17(22)11-23-18-19-12(2)10-13(3)20-18/h6-10,14H,5,11H2,1-4H3,(H,21,22). The van der Waals surface area contributed by atoms with Crippen LogP contribution in [0.5, 0.6) is 0 Å². The third-order valence-electron chi connectivity index (χ3n) is 3.56. The molecule has 2 rings (SSSR count). The number of thioether (sulfide) groups is 1. The van der Waals surface area contributed by atoms with Crippen molar-refractivity contribution in [1.82, 2.24) is 15.3 Å². The molecule has 0 aliphatic heterocycles. The molecule has 1 unspecified atom stereocenters. The molecule has 1 N–H and O–H groups in total. The summed E-state index contributed by atoms with van der Waals surface area (Å²) in [4.78, 5) is 20.8. The summed E-state index contributed by atoms with van der Waals surface area (Å²) in [7, 11) is 0. The number of rotatable bonds is 6. The van der Waals surface area contributed by atoms with Crippen LogP contribution in [0.25, 0.3) is 0 Å². The maximum Gasteiger partial charge on any atom is 0.230 e. The number of nitrogens with one attached hydrogen (secondary N) is 1. The highest BCUT2D eigenvalue weighted by Gasteiger charge is 2.11. The molecule has 0 aliphatic rings. The SMILES string of the molecule is CCc1ccc(C(C)NC(=O)CSc2nc(C)cc(C)n2)cc1. The van der Waals surface area contributed by atoms with E-state index in [4.69, 9.17) is 0 Å². The first-order valence-electron chi connectivity index (χ1n) is 7.81. The highest BCUT2D eigenvalue weighted by Crippen LogP contribution is 2.16. The van der Waals surface area contributed by atoms with E-state index in [2.05, 4.69) is 46.5 Å². The molecule has 122 valence electrons. The Kier molecular flexibility index (Phi) is 6.16. The molecule has 23 heavy (non-hydrogen) atoms. The number of carbonyl (C=O) groups excluding carboxylic acids is 1. The first-order valence-corrected chi connectivity index (χ1v) is 8.79. The average molecular weight is 329 g/mol. The molecule has 0 saturated carbocycles. The molecule has 1 aromatic carbocycles. The van der Waals surface area contributed by atoms with E-state index in [9.17, 15) is 4.79 Å². The summed E-state index contributed by atoms with van der Waals surface area (Å²) in [5.41, 5.74) is 4.26. The zero-order chi connectivity index (χ0) is 16.8. The molecule has 2 aromatic rings. The van der Waals surface area contributed by atoms with Gasteiger partial charge in [0, 0.05) is 11.4 Å². The maximum absolute atomic E-state index is 12.1. The van der Waals surface area contributed by atoms with Gasteiger partial charge >= 0.3 is 0 Å². The fourth-order valence-corrected chi connectivity index (χ4v) is 3.06. The van der Waals surface area contributed by atoms with E-state index in [0.29, 0.717) is 10.9 Å². The van der Waals surface area contributed by atoms with Crippen LogP contribution in [0.4, 0.5) is 0 Å². The molecule has 0 bridgehead atoms. The van der Waals surface area contributed by atoms with Gasteiger partial charge in [-0.05, 0) is 44.4 Å². The first kappa shape index (κ1) is 17.5. The van der Waals surface area contributed by atoms with Crippen molar-refractivity contribution in [3.63, 3.8) is 0 Å². The number of amides is 1. The van der Waals surface area contributed by atoms with Crippen molar-refractivity contribution in [2.75, 3.05) is 5.75 Å². The predicted octanol–water partition coefficient (Wildman–Crippen LogP) is 3.63. The quantitative estimate of drug-likeness (QED) is 0.649. The van der Waals surface area contributed by atoms with Crippen LogP contribution in [0.15, 0.2) is 35.5 Å². The number of nitrogens with zero attached hydrogens (tertiary/aromatic N) is 2. The van der Waals surface area contributed by atoms with Gasteiger partial charge in [-0.3, -0.25) is 4.79 Å². The van der Waals surface area contributed by atoms with Crippen molar-refractivity contribution in [3.8, 4) is 0 Å². The van der Waals surface area contributed by atoms with Gasteiger partial charge in [-0.15, -0.1) is 0 Å². The molecule has 0 radical (unpaired) electrons. The van der Waals surface area contributed by atoms with Gasteiger partial charge < -0.3 is 5.32 Å². The number of benzene rings is 1. The zero-order valence-corrected chi connectivity index (χ0v) is 14.9. The maximum atomic E-state index is 12.1. The largest absolute Gasteiger partial charge is 0.349 e. The zero-order valence-electron chi connectivity index (χ0n) is 14.1. The Morgan fingerprint density at radius 1 is 1.17 bits per heavy atom. The smallest absolute Gasteiger partial charge is 0.230 e. The van der Waals surface area contributed by atoms with Crippen LogP contribution in [-0.4, -0.2) is 21.6 Å². The molecule has 0 aliphatic carbocycles. The van der Waals surface area contributed by atoms with E-state index < -0.39 is 0 Å². The third kappa shape index (κ3) is 5.36. The van der Waals surface area contributed by atoms with Crippen molar-refractivity contribution < 1.29 is 4.79 Å². The molecule has 1 aromatic heterocycles. The van der Waals surface area contributed by atoms with Gasteiger partial charge in [-0.1, -0.05) is 43.0 Å². The van der Waals surface area contributed by atoms with E-state index >= 15 is 0 Å². The summed E-state index contributed by atoms with van der Waals surface area (Å²) >= 11 is 1.37. The monoisotopic (exact) mass is 329 g/mol. The van der Waals surface area contributed by atoms with E-state index in [1.165, 1.54) is 17.3 Å². The van der Waals surface area contributed by atoms with Gasteiger partial charge in [-0.2, -0.15) is 0 Å². The fraction of sp³-hybridized carbons (Fsp3) is 0.389. The Bertz CT molecular complexity index is 650. The lowest BCUT2D eigenvalue weighted by molar-refractivity contribution is -0.119. The topological polar surface area (TPSA) is 54.9 Å². The Hall–Kier alpha value is -1.88. The van der Waals surface area contributed by atoms with Crippen LogP contribution in [0, 0.1) is 13.8 Å². The molecular formula is C18H23N3OS. The van der Waals surface area contributed by atoms with E-state index in [1.54, 1.807) is 0 Å². The Balaban J connectivity index is 1.88. The van der Waals surface area contributed by atoms with Crippen LogP contribution in [-0.2, 0) is 11.2 Å². The first-order chi connectivity index (χ1) is 11.0. The summed E-state index contributed by atoms with van der Waals surface area (Å²) in [5, 5.41) is 3.67. The minimum absolute atomic E-state index is 0.00540. The van der Waals surface area contributed by atoms with Gasteiger partial charge in [0.05, 0.1) is 11.8 Å². The second-order valence-corrected chi connectivity index (χ2v) is 6.55. The molecule has 0 spiro atoms. The second kappa shape index (κ2) is 8.11. The normalized spacial score (nSPS) is 12.0. The number of carbonyl (C=O) groups is 1. The van der Waals surface area contributed by atoms with Crippen molar-refractivity contribution in [1.29, 1.82) is 0 Å². The van der Waals surface area contributed by atoms with Gasteiger partial charge in [0.2, 0.25) is 5.91 Å². The van der Waals surface area contributed by atoms with Crippen molar-refractivity contribution in [3.05, 3.63) is 52.8 Å². The van der Waals surface area contributed by atoms with Gasteiger partial charge in [0.15, 0.2) is 5.16 Å². The number of aromatic nitrogens is 2. The summed E-state index contributed by atoms with van der Waals surface area (Å²) in [6, 6.07) is 10.3. The van der Waals surface area contributed by atoms with Crippen LogP contribution >= 0.6 is 11.8 Å². The Labute approximate surface area is 142 Å². The lowest BCUT2D eigenvalue weighted by Crippen LogP contribution is -2.28. The second-order valence-electron chi connectivity index (χ2n) is 5.61. The lowest BCUT2D eigenvalue weighted by atomic mass is 10.1. The van der Waals surface area contributed by atoms with Gasteiger partial charge in [0.25, 0.3) is 0 Å². The molecular weight excluding hydrogens is 306 g/mol. The fourth-order valence-electron chi connectivity index (χ4n) is 2.30. The van der Waals surface area contributed by atoms with Crippen molar-refractivity contribution >= 4 is 17.7 Å². The minimum Gasteiger partial charge on any atom is -0.349 e. The van der Waals surface area contributed by atoms with E-state index in [0.717, 1.165) is 23.4 Å². The summed E-state index contributed by atoms with van der Waals surface area (Å²) in [5.74, 6) is 0.310. The van der Waals surface area contributed by atoms with Gasteiger partial charge in [0.1, 0.15) is 0 Å². The van der Waals surface area contributed by atoms with Crippen LogP contribution in [0.2, 0.25) is 0 Å². The summed E-state index contributed by atoms with van der Waals surface area (Å²) in [6.07, 6.45) is 1.02. The van der Waals surface area contributed by atoms with Crippen LogP contribution in [0.3, 0.4) is 0 Å². The van der Waals surface area contributed by atoms with Crippen molar-refractivity contribution in [2.45, 2.75) is 45.3 Å². The molecule has 5 heteroatoms. The Morgan fingerprint density at radius 2 is 1.78 bits per heavy atom. The molecule has 1 atom stereocenters. The van der Waals surface area contributed by atoms with Gasteiger partial charge in [-0.25, -0.2) is 9.97 Å². The molecule has 0 saturated heterocycles. The van der Waals surface area contributed by atoms with Crippen LogP contribution < -0.4 is 5.32 Å².